The van der Waals surface area contributed by atoms with Crippen molar-refractivity contribution in [1.82, 2.24) is 15.1 Å². The van der Waals surface area contributed by atoms with Crippen LogP contribution in [0.3, 0.4) is 0 Å². The Balaban J connectivity index is 2.00. The van der Waals surface area contributed by atoms with Crippen LogP contribution in [0.5, 0.6) is 0 Å². The monoisotopic (exact) mass is 387 g/mol. The van der Waals surface area contributed by atoms with Crippen LogP contribution in [-0.4, -0.2) is 28.6 Å². The molecule has 0 aliphatic carbocycles. The van der Waals surface area contributed by atoms with E-state index in [-0.39, 0.29) is 0 Å². The number of thioether (sulfide) groups is 1. The summed E-state index contributed by atoms with van der Waals surface area (Å²) in [5.41, 5.74) is 2.14. The van der Waals surface area contributed by atoms with Gasteiger partial charge in [-0.15, -0.1) is 11.8 Å². The summed E-state index contributed by atoms with van der Waals surface area (Å²) in [6, 6.07) is 8.72. The van der Waals surface area contributed by atoms with E-state index in [1.807, 2.05) is 38.8 Å². The number of nitrogens with one attached hydrogen (secondary N) is 1. The molecular weight excluding hydrogens is 370 g/mol. The number of aryl methyl sites for hydroxylation is 2. The minimum atomic E-state index is 0.356. The second-order valence-electron chi connectivity index (χ2n) is 4.94. The predicted octanol–water partition coefficient (Wildman–Crippen LogP) is 4.07. The Kier molecular flexibility index (Phi) is 6.17. The van der Waals surface area contributed by atoms with Gasteiger partial charge in [0.05, 0.1) is 5.69 Å². The van der Waals surface area contributed by atoms with Gasteiger partial charge < -0.3 is 5.32 Å². The zero-order valence-electron chi connectivity index (χ0n) is 12.4. The van der Waals surface area contributed by atoms with Gasteiger partial charge in [-0.05, 0) is 38.6 Å². The fourth-order valence-electron chi connectivity index (χ4n) is 2.15. The quantitative estimate of drug-likeness (QED) is 0.757. The number of benzene rings is 1. The van der Waals surface area contributed by atoms with Crippen molar-refractivity contribution in [2.24, 2.45) is 7.05 Å². The van der Waals surface area contributed by atoms with E-state index < -0.39 is 0 Å². The summed E-state index contributed by atoms with van der Waals surface area (Å²) < 4.78 is 2.85. The number of nitrogens with zero attached hydrogens (tertiary/aromatic N) is 2. The number of aromatic nitrogens is 2. The molecule has 114 valence electrons. The molecule has 0 radical (unpaired) electrons. The molecule has 0 saturated carbocycles. The molecule has 3 nitrogen and oxygen atoms in total. The topological polar surface area (TPSA) is 29.9 Å². The molecule has 0 spiro atoms. The number of hydrogen-bond acceptors (Lipinski definition) is 3. The second kappa shape index (κ2) is 7.68. The third kappa shape index (κ3) is 4.49. The lowest BCUT2D eigenvalue weighted by molar-refractivity contribution is 0.615. The van der Waals surface area contributed by atoms with Crippen LogP contribution < -0.4 is 5.32 Å². The average molecular weight is 389 g/mol. The van der Waals surface area contributed by atoms with Crippen LogP contribution in [0.1, 0.15) is 11.3 Å². The lowest BCUT2D eigenvalue weighted by atomic mass is 10.1. The SMILES string of the molecule is CNC(CSc1cccc(Br)c1)Cc1c(C)nn(C)c1Cl. The molecule has 1 heterocycles. The molecule has 0 saturated heterocycles. The van der Waals surface area contributed by atoms with Gasteiger partial charge in [0.1, 0.15) is 5.15 Å². The van der Waals surface area contributed by atoms with E-state index in [0.717, 1.165) is 33.1 Å². The van der Waals surface area contributed by atoms with Crippen molar-refractivity contribution in [3.05, 3.63) is 45.1 Å². The Bertz CT molecular complexity index is 615. The largest absolute Gasteiger partial charge is 0.316 e. The maximum atomic E-state index is 6.31. The second-order valence-corrected chi connectivity index (χ2v) is 7.30. The Hall–Kier alpha value is -0.490. The van der Waals surface area contributed by atoms with Gasteiger partial charge in [0.15, 0.2) is 0 Å². The van der Waals surface area contributed by atoms with Crippen LogP contribution in [0.25, 0.3) is 0 Å². The smallest absolute Gasteiger partial charge is 0.130 e. The highest BCUT2D eigenvalue weighted by atomic mass is 79.9. The van der Waals surface area contributed by atoms with Crippen LogP contribution in [0.4, 0.5) is 0 Å². The van der Waals surface area contributed by atoms with Gasteiger partial charge >= 0.3 is 0 Å². The van der Waals surface area contributed by atoms with Gasteiger partial charge in [-0.3, -0.25) is 4.68 Å². The van der Waals surface area contributed by atoms with Gasteiger partial charge in [-0.2, -0.15) is 5.10 Å². The van der Waals surface area contributed by atoms with Crippen molar-refractivity contribution in [3.8, 4) is 0 Å². The van der Waals surface area contributed by atoms with Crippen molar-refractivity contribution < 1.29 is 0 Å². The summed E-state index contributed by atoms with van der Waals surface area (Å²) in [6.45, 7) is 2.01. The molecule has 1 aromatic heterocycles. The maximum absolute atomic E-state index is 6.31. The van der Waals surface area contributed by atoms with Crippen LogP contribution in [0.2, 0.25) is 5.15 Å². The van der Waals surface area contributed by atoms with E-state index in [4.69, 9.17) is 11.6 Å². The van der Waals surface area contributed by atoms with Crippen molar-refractivity contribution in [2.45, 2.75) is 24.3 Å². The summed E-state index contributed by atoms with van der Waals surface area (Å²) in [5.74, 6) is 0.984. The molecule has 2 aromatic rings. The summed E-state index contributed by atoms with van der Waals surface area (Å²) in [4.78, 5) is 1.26. The molecule has 6 heteroatoms. The molecule has 0 fully saturated rings. The normalized spacial score (nSPS) is 12.6. The molecule has 21 heavy (non-hydrogen) atoms. The standard InChI is InChI=1S/C15H19BrClN3S/c1-10-14(15(17)20(3)19-10)8-12(18-2)9-21-13-6-4-5-11(16)7-13/h4-7,12,18H,8-9H2,1-3H3. The predicted molar refractivity (Wildman–Crippen MR) is 94.4 cm³/mol. The Labute approximate surface area is 143 Å². The van der Waals surface area contributed by atoms with Crippen molar-refractivity contribution in [3.63, 3.8) is 0 Å². The van der Waals surface area contributed by atoms with E-state index in [0.29, 0.717) is 6.04 Å². The summed E-state index contributed by atoms with van der Waals surface area (Å²) in [6.07, 6.45) is 0.885. The Morgan fingerprint density at radius 3 is 2.81 bits per heavy atom. The van der Waals surface area contributed by atoms with E-state index in [1.54, 1.807) is 4.68 Å². The zero-order valence-corrected chi connectivity index (χ0v) is 15.5. The first-order chi connectivity index (χ1) is 10.0. The minimum Gasteiger partial charge on any atom is -0.316 e. The third-order valence-electron chi connectivity index (χ3n) is 3.38. The van der Waals surface area contributed by atoms with Crippen molar-refractivity contribution in [2.75, 3.05) is 12.8 Å². The number of rotatable bonds is 6. The summed E-state index contributed by atoms with van der Waals surface area (Å²) in [7, 11) is 3.87. The molecule has 0 bridgehead atoms. The third-order valence-corrected chi connectivity index (χ3v) is 5.50. The zero-order chi connectivity index (χ0) is 15.4. The fourth-order valence-corrected chi connectivity index (χ4v) is 4.02. The molecule has 0 amide bonds. The van der Waals surface area contributed by atoms with Crippen molar-refractivity contribution in [1.29, 1.82) is 0 Å². The number of likely N-dealkylation sites (N-methyl/N-ethyl adjacent to an activating group) is 1. The molecular formula is C15H19BrClN3S. The van der Waals surface area contributed by atoms with E-state index in [1.165, 1.54) is 4.90 Å². The van der Waals surface area contributed by atoms with Gasteiger partial charge in [-0.25, -0.2) is 0 Å². The van der Waals surface area contributed by atoms with Crippen LogP contribution in [0.15, 0.2) is 33.6 Å². The van der Waals surface area contributed by atoms with E-state index >= 15 is 0 Å². The molecule has 1 N–H and O–H groups in total. The van der Waals surface area contributed by atoms with Gasteiger partial charge in [0, 0.05) is 33.8 Å². The molecule has 2 rings (SSSR count). The van der Waals surface area contributed by atoms with Gasteiger partial charge in [0.2, 0.25) is 0 Å². The summed E-state index contributed by atoms with van der Waals surface area (Å²) in [5, 5.41) is 8.48. The van der Waals surface area contributed by atoms with Crippen LogP contribution >= 0.6 is 39.3 Å². The molecule has 1 aromatic carbocycles. The van der Waals surface area contributed by atoms with Gasteiger partial charge in [-0.1, -0.05) is 33.6 Å². The van der Waals surface area contributed by atoms with E-state index in [2.05, 4.69) is 44.5 Å². The number of hydrogen-bond donors (Lipinski definition) is 1. The number of halogens is 2. The maximum Gasteiger partial charge on any atom is 0.130 e. The van der Waals surface area contributed by atoms with Crippen LogP contribution in [-0.2, 0) is 13.5 Å². The molecule has 1 unspecified atom stereocenters. The Morgan fingerprint density at radius 1 is 1.48 bits per heavy atom. The lowest BCUT2D eigenvalue weighted by Crippen LogP contribution is -2.30. The summed E-state index contributed by atoms with van der Waals surface area (Å²) >= 11 is 11.7. The first-order valence-corrected chi connectivity index (χ1v) is 8.90. The molecule has 0 aliphatic heterocycles. The first kappa shape index (κ1) is 16.9. The highest BCUT2D eigenvalue weighted by Gasteiger charge is 2.16. The molecule has 0 aliphatic rings. The Morgan fingerprint density at radius 2 is 2.24 bits per heavy atom. The van der Waals surface area contributed by atoms with Crippen molar-refractivity contribution >= 4 is 39.3 Å². The fraction of sp³-hybridized carbons (Fsp3) is 0.400. The average Bonchev–Trinajstić information content (AvgIpc) is 2.69. The minimum absolute atomic E-state index is 0.356. The highest BCUT2D eigenvalue weighted by Crippen LogP contribution is 2.25. The van der Waals surface area contributed by atoms with E-state index in [9.17, 15) is 0 Å². The van der Waals surface area contributed by atoms with Gasteiger partial charge in [0.25, 0.3) is 0 Å². The lowest BCUT2D eigenvalue weighted by Gasteiger charge is -2.16. The van der Waals surface area contributed by atoms with Crippen LogP contribution in [0, 0.1) is 6.92 Å². The molecule has 1 atom stereocenters. The first-order valence-electron chi connectivity index (χ1n) is 6.75. The highest BCUT2D eigenvalue weighted by molar-refractivity contribution is 9.10.